The molecule has 1 aliphatic heterocycles. The van der Waals surface area contributed by atoms with Gasteiger partial charge in [-0.2, -0.15) is 0 Å². The van der Waals surface area contributed by atoms with E-state index in [0.717, 1.165) is 43.8 Å². The molecule has 2 rings (SSSR count). The van der Waals surface area contributed by atoms with Crippen LogP contribution in [0.1, 0.15) is 11.3 Å². The number of likely N-dealkylation sites (N-methyl/N-ethyl adjacent to an activating group) is 1. The molecule has 1 aromatic heterocycles. The molecule has 87 valence electrons. The molecule has 0 unspecified atom stereocenters. The van der Waals surface area contributed by atoms with Crippen molar-refractivity contribution in [2.45, 2.75) is 13.8 Å². The van der Waals surface area contributed by atoms with Crippen LogP contribution >= 0.6 is 0 Å². The molecule has 0 amide bonds. The number of nitrogens with zero attached hydrogens (tertiary/aromatic N) is 3. The molecule has 16 heavy (non-hydrogen) atoms. The van der Waals surface area contributed by atoms with Gasteiger partial charge < -0.3 is 9.80 Å². The van der Waals surface area contributed by atoms with Gasteiger partial charge in [-0.3, -0.25) is 9.36 Å². The Bertz CT molecular complexity index is 389. The second-order valence-electron chi connectivity index (χ2n) is 4.44. The van der Waals surface area contributed by atoms with Crippen molar-refractivity contribution in [1.82, 2.24) is 9.47 Å². The minimum absolute atomic E-state index is 0.821. The Morgan fingerprint density at radius 2 is 1.81 bits per heavy atom. The summed E-state index contributed by atoms with van der Waals surface area (Å²) >= 11 is 0. The first-order valence-corrected chi connectivity index (χ1v) is 5.63. The highest BCUT2D eigenvalue weighted by Crippen LogP contribution is 2.26. The molecule has 1 radical (unpaired) electrons. The summed E-state index contributed by atoms with van der Waals surface area (Å²) in [5.74, 6) is 0. The van der Waals surface area contributed by atoms with E-state index in [9.17, 15) is 4.79 Å². The molecule has 0 saturated carbocycles. The number of hydrogen-bond acceptors (Lipinski definition) is 3. The number of carbonyl (C=O) groups is 1. The van der Waals surface area contributed by atoms with Gasteiger partial charge in [-0.05, 0) is 20.9 Å². The fourth-order valence-corrected chi connectivity index (χ4v) is 2.30. The van der Waals surface area contributed by atoms with Gasteiger partial charge in [0.1, 0.15) is 0 Å². The lowest BCUT2D eigenvalue weighted by Crippen LogP contribution is -2.44. The molecule has 1 aliphatic rings. The van der Waals surface area contributed by atoms with E-state index in [2.05, 4.69) is 23.0 Å². The zero-order valence-corrected chi connectivity index (χ0v) is 10.2. The van der Waals surface area contributed by atoms with Gasteiger partial charge in [-0.1, -0.05) is 0 Å². The molecule has 0 bridgehead atoms. The standard InChI is InChI=1S/C12H18N3O/c1-10-8-15(9-16)11(2)12(10)14-6-4-13(3)5-7-14/h9H,4-7H2,1-3H3. The first-order valence-electron chi connectivity index (χ1n) is 5.63. The summed E-state index contributed by atoms with van der Waals surface area (Å²) < 4.78 is 1.54. The Kier molecular flexibility index (Phi) is 3.01. The minimum atomic E-state index is 0.821. The Balaban J connectivity index is 2.26. The second-order valence-corrected chi connectivity index (χ2v) is 4.44. The SMILES string of the molecule is Cc1[c]n(C=O)c(C)c1N1CCN(C)CC1. The number of hydrogen-bond donors (Lipinski definition) is 0. The second kappa shape index (κ2) is 4.29. The van der Waals surface area contributed by atoms with E-state index < -0.39 is 0 Å². The van der Waals surface area contributed by atoms with Gasteiger partial charge >= 0.3 is 0 Å². The van der Waals surface area contributed by atoms with Crippen LogP contribution in [0.3, 0.4) is 0 Å². The molecule has 2 heterocycles. The van der Waals surface area contributed by atoms with Crippen LogP contribution < -0.4 is 4.90 Å². The number of carbonyl (C=O) groups excluding carboxylic acids is 1. The van der Waals surface area contributed by atoms with E-state index in [1.54, 1.807) is 4.57 Å². The van der Waals surface area contributed by atoms with E-state index in [1.807, 2.05) is 13.8 Å². The molecule has 0 spiro atoms. The maximum Gasteiger partial charge on any atom is 0.218 e. The van der Waals surface area contributed by atoms with E-state index >= 15 is 0 Å². The quantitative estimate of drug-likeness (QED) is 0.687. The third-order valence-electron chi connectivity index (χ3n) is 3.27. The van der Waals surface area contributed by atoms with Crippen molar-refractivity contribution in [3.8, 4) is 0 Å². The summed E-state index contributed by atoms with van der Waals surface area (Å²) in [6.07, 6.45) is 3.89. The summed E-state index contributed by atoms with van der Waals surface area (Å²) in [4.78, 5) is 15.5. The van der Waals surface area contributed by atoms with E-state index in [1.165, 1.54) is 5.69 Å². The van der Waals surface area contributed by atoms with Gasteiger partial charge in [0.05, 0.1) is 11.9 Å². The zero-order valence-electron chi connectivity index (χ0n) is 10.2. The van der Waals surface area contributed by atoms with Crippen LogP contribution in [-0.4, -0.2) is 49.1 Å². The smallest absolute Gasteiger partial charge is 0.218 e. The largest absolute Gasteiger partial charge is 0.367 e. The molecule has 1 saturated heterocycles. The fourth-order valence-electron chi connectivity index (χ4n) is 2.30. The van der Waals surface area contributed by atoms with Crippen molar-refractivity contribution in [1.29, 1.82) is 0 Å². The number of anilines is 1. The number of rotatable bonds is 2. The maximum absolute atomic E-state index is 10.8. The van der Waals surface area contributed by atoms with Gasteiger partial charge in [0, 0.05) is 37.4 Å². The molecular weight excluding hydrogens is 202 g/mol. The van der Waals surface area contributed by atoms with Crippen molar-refractivity contribution in [3.05, 3.63) is 17.5 Å². The minimum Gasteiger partial charge on any atom is -0.367 e. The zero-order chi connectivity index (χ0) is 11.7. The summed E-state index contributed by atoms with van der Waals surface area (Å²) in [6.45, 7) is 8.19. The molecule has 0 atom stereocenters. The number of aromatic nitrogens is 1. The van der Waals surface area contributed by atoms with Crippen LogP contribution in [0.25, 0.3) is 0 Å². The summed E-state index contributed by atoms with van der Waals surface area (Å²) in [5.41, 5.74) is 3.24. The van der Waals surface area contributed by atoms with Gasteiger partial charge in [0.25, 0.3) is 0 Å². The van der Waals surface area contributed by atoms with Crippen LogP contribution in [-0.2, 0) is 4.79 Å². The maximum atomic E-state index is 10.8. The van der Waals surface area contributed by atoms with Crippen LogP contribution in [0.2, 0.25) is 0 Å². The fraction of sp³-hybridized carbons (Fsp3) is 0.583. The predicted molar refractivity (Wildman–Crippen MR) is 64.6 cm³/mol. The molecule has 0 aliphatic carbocycles. The van der Waals surface area contributed by atoms with Gasteiger partial charge in [-0.25, -0.2) is 0 Å². The molecule has 1 fully saturated rings. The lowest BCUT2D eigenvalue weighted by molar-refractivity contribution is 0.312. The van der Waals surface area contributed by atoms with Crippen LogP contribution in [0.5, 0.6) is 0 Å². The molecule has 4 nitrogen and oxygen atoms in total. The van der Waals surface area contributed by atoms with E-state index in [0.29, 0.717) is 0 Å². The van der Waals surface area contributed by atoms with Gasteiger partial charge in [0.2, 0.25) is 6.41 Å². The highest BCUT2D eigenvalue weighted by molar-refractivity contribution is 5.65. The van der Waals surface area contributed by atoms with Gasteiger partial charge in [-0.15, -0.1) is 0 Å². The van der Waals surface area contributed by atoms with E-state index in [-0.39, 0.29) is 0 Å². The highest BCUT2D eigenvalue weighted by Gasteiger charge is 2.20. The van der Waals surface area contributed by atoms with Crippen LogP contribution in [0, 0.1) is 20.0 Å². The highest BCUT2D eigenvalue weighted by atomic mass is 16.1. The summed E-state index contributed by atoms with van der Waals surface area (Å²) in [5, 5.41) is 0. The Hall–Kier alpha value is -1.29. The molecular formula is C12H18N3O. The summed E-state index contributed by atoms with van der Waals surface area (Å²) in [7, 11) is 2.14. The van der Waals surface area contributed by atoms with Crippen molar-refractivity contribution < 1.29 is 4.79 Å². The number of aryl methyl sites for hydroxylation is 1. The lowest BCUT2D eigenvalue weighted by atomic mass is 10.2. The third-order valence-corrected chi connectivity index (χ3v) is 3.27. The van der Waals surface area contributed by atoms with Crippen molar-refractivity contribution in [2.75, 3.05) is 38.1 Å². The Morgan fingerprint density at radius 1 is 1.19 bits per heavy atom. The number of piperazine rings is 1. The molecule has 0 aromatic carbocycles. The predicted octanol–water partition coefficient (Wildman–Crippen LogP) is 0.695. The molecule has 1 aromatic rings. The first-order chi connectivity index (χ1) is 7.63. The van der Waals surface area contributed by atoms with E-state index in [4.69, 9.17) is 0 Å². The van der Waals surface area contributed by atoms with Crippen LogP contribution in [0.4, 0.5) is 5.69 Å². The van der Waals surface area contributed by atoms with Crippen LogP contribution in [0.15, 0.2) is 0 Å². The molecule has 4 heteroatoms. The summed E-state index contributed by atoms with van der Waals surface area (Å²) in [6, 6.07) is 0. The molecule has 0 N–H and O–H groups in total. The normalized spacial score (nSPS) is 17.8. The monoisotopic (exact) mass is 220 g/mol. The van der Waals surface area contributed by atoms with Gasteiger partial charge in [0.15, 0.2) is 0 Å². The van der Waals surface area contributed by atoms with Crippen molar-refractivity contribution >= 4 is 12.1 Å². The topological polar surface area (TPSA) is 28.5 Å². The average Bonchev–Trinajstić information content (AvgIpc) is 2.56. The third kappa shape index (κ3) is 1.85. The lowest BCUT2D eigenvalue weighted by Gasteiger charge is -2.34. The van der Waals surface area contributed by atoms with Crippen molar-refractivity contribution in [2.24, 2.45) is 0 Å². The average molecular weight is 220 g/mol. The Labute approximate surface area is 96.4 Å². The first kappa shape index (κ1) is 11.2. The van der Waals surface area contributed by atoms with Crippen molar-refractivity contribution in [3.63, 3.8) is 0 Å². The Morgan fingerprint density at radius 3 is 2.31 bits per heavy atom.